The Morgan fingerprint density at radius 1 is 1.17 bits per heavy atom. The molecule has 0 radical (unpaired) electrons. The van der Waals surface area contributed by atoms with Gasteiger partial charge in [0, 0.05) is 37.8 Å². The number of aromatic nitrogens is 3. The van der Waals surface area contributed by atoms with Gasteiger partial charge in [0.15, 0.2) is 0 Å². The Morgan fingerprint density at radius 2 is 2.10 bits per heavy atom. The summed E-state index contributed by atoms with van der Waals surface area (Å²) in [4.78, 5) is 11.7. The van der Waals surface area contributed by atoms with Gasteiger partial charge >= 0.3 is 0 Å². The molecule has 0 bridgehead atoms. The van der Waals surface area contributed by atoms with Crippen LogP contribution >= 0.6 is 0 Å². The van der Waals surface area contributed by atoms with Gasteiger partial charge in [0.05, 0.1) is 41.5 Å². The van der Waals surface area contributed by atoms with Crippen LogP contribution in [0.15, 0.2) is 54.9 Å². The number of aliphatic hydroxyl groups is 1. The molecule has 1 aliphatic heterocycles. The molecular formula is C23H24N4O3. The van der Waals surface area contributed by atoms with Gasteiger partial charge in [-0.3, -0.25) is 4.40 Å². The van der Waals surface area contributed by atoms with Gasteiger partial charge in [-0.2, -0.15) is 0 Å². The van der Waals surface area contributed by atoms with Crippen LogP contribution in [0, 0.1) is 0 Å². The third-order valence-corrected chi connectivity index (χ3v) is 5.51. The van der Waals surface area contributed by atoms with Crippen LogP contribution in [0.2, 0.25) is 0 Å². The van der Waals surface area contributed by atoms with Crippen LogP contribution in [-0.4, -0.2) is 59.0 Å². The number of para-hydroxylation sites is 1. The standard InChI is InChI=1S/C23H24N4O3/c1-29-11-12-30-18-8-10-27-21(14-24-22(27)13-18)19-6-5-16-3-2-4-20(23(16)25-19)26-9-7-17(28)15-26/h2-6,8,10,13-14,17,28H,7,9,11-12,15H2,1H3. The van der Waals surface area contributed by atoms with Gasteiger partial charge in [-0.05, 0) is 24.6 Å². The fraction of sp³-hybridized carbons (Fsp3) is 0.304. The Bertz CT molecular complexity index is 1190. The van der Waals surface area contributed by atoms with E-state index < -0.39 is 0 Å². The lowest BCUT2D eigenvalue weighted by molar-refractivity contribution is 0.146. The number of fused-ring (bicyclic) bond motifs is 2. The fourth-order valence-corrected chi connectivity index (χ4v) is 3.97. The van der Waals surface area contributed by atoms with Gasteiger partial charge in [-0.15, -0.1) is 0 Å². The highest BCUT2D eigenvalue weighted by Crippen LogP contribution is 2.31. The number of ether oxygens (including phenoxy) is 2. The van der Waals surface area contributed by atoms with Crippen LogP contribution < -0.4 is 9.64 Å². The first-order valence-corrected chi connectivity index (χ1v) is 10.1. The van der Waals surface area contributed by atoms with Gasteiger partial charge in [-0.25, -0.2) is 9.97 Å². The van der Waals surface area contributed by atoms with Crippen LogP contribution in [-0.2, 0) is 4.74 Å². The minimum atomic E-state index is -0.275. The zero-order valence-electron chi connectivity index (χ0n) is 16.9. The van der Waals surface area contributed by atoms with Gasteiger partial charge < -0.3 is 19.5 Å². The Balaban J connectivity index is 1.52. The minimum Gasteiger partial charge on any atom is -0.491 e. The lowest BCUT2D eigenvalue weighted by Crippen LogP contribution is -2.21. The van der Waals surface area contributed by atoms with Crippen molar-refractivity contribution in [3.63, 3.8) is 0 Å². The monoisotopic (exact) mass is 404 g/mol. The summed E-state index contributed by atoms with van der Waals surface area (Å²) in [6.45, 7) is 2.53. The van der Waals surface area contributed by atoms with Crippen molar-refractivity contribution in [2.45, 2.75) is 12.5 Å². The quantitative estimate of drug-likeness (QED) is 0.498. The number of hydrogen-bond acceptors (Lipinski definition) is 6. The van der Waals surface area contributed by atoms with Crippen molar-refractivity contribution in [3.8, 4) is 17.1 Å². The lowest BCUT2D eigenvalue weighted by atomic mass is 10.1. The molecule has 5 rings (SSSR count). The van der Waals surface area contributed by atoms with Crippen molar-refractivity contribution < 1.29 is 14.6 Å². The van der Waals surface area contributed by atoms with E-state index in [1.165, 1.54) is 0 Å². The van der Waals surface area contributed by atoms with Crippen molar-refractivity contribution >= 4 is 22.2 Å². The molecule has 1 fully saturated rings. The van der Waals surface area contributed by atoms with E-state index in [1.807, 2.05) is 41.1 Å². The van der Waals surface area contributed by atoms with E-state index in [1.54, 1.807) is 7.11 Å². The van der Waals surface area contributed by atoms with E-state index >= 15 is 0 Å². The summed E-state index contributed by atoms with van der Waals surface area (Å²) < 4.78 is 12.7. The number of imidazole rings is 1. The second-order valence-corrected chi connectivity index (χ2v) is 7.51. The highest BCUT2D eigenvalue weighted by molar-refractivity contribution is 5.92. The first-order valence-electron chi connectivity index (χ1n) is 10.1. The zero-order valence-corrected chi connectivity index (χ0v) is 16.9. The molecule has 0 saturated carbocycles. The third-order valence-electron chi connectivity index (χ3n) is 5.51. The SMILES string of the molecule is COCCOc1ccn2c(-c3ccc4cccc(N5CCC(O)C5)c4n3)cnc2c1. The molecule has 1 aliphatic rings. The van der Waals surface area contributed by atoms with Crippen molar-refractivity contribution in [1.29, 1.82) is 0 Å². The Kier molecular flexibility index (Phi) is 4.98. The largest absolute Gasteiger partial charge is 0.491 e. The molecule has 4 aromatic rings. The first kappa shape index (κ1) is 18.8. The molecule has 0 aliphatic carbocycles. The number of rotatable bonds is 6. The molecule has 3 aromatic heterocycles. The summed E-state index contributed by atoms with van der Waals surface area (Å²) in [7, 11) is 1.65. The predicted molar refractivity (Wildman–Crippen MR) is 116 cm³/mol. The summed E-state index contributed by atoms with van der Waals surface area (Å²) in [5, 5.41) is 11.0. The molecule has 1 saturated heterocycles. The van der Waals surface area contributed by atoms with Crippen molar-refractivity contribution in [2.75, 3.05) is 38.3 Å². The fourth-order valence-electron chi connectivity index (χ4n) is 3.97. The van der Waals surface area contributed by atoms with E-state index in [-0.39, 0.29) is 6.10 Å². The number of benzene rings is 1. The molecule has 7 heteroatoms. The molecule has 0 spiro atoms. The molecule has 1 atom stereocenters. The molecule has 0 amide bonds. The Hall–Kier alpha value is -3.16. The van der Waals surface area contributed by atoms with Gasteiger partial charge in [0.2, 0.25) is 0 Å². The second-order valence-electron chi connectivity index (χ2n) is 7.51. The van der Waals surface area contributed by atoms with Crippen molar-refractivity contribution in [2.24, 2.45) is 0 Å². The number of anilines is 1. The van der Waals surface area contributed by atoms with Gasteiger partial charge in [-0.1, -0.05) is 18.2 Å². The van der Waals surface area contributed by atoms with Gasteiger partial charge in [0.25, 0.3) is 0 Å². The van der Waals surface area contributed by atoms with Crippen LogP contribution in [0.4, 0.5) is 5.69 Å². The Morgan fingerprint density at radius 3 is 2.93 bits per heavy atom. The normalized spacial score (nSPS) is 16.6. The van der Waals surface area contributed by atoms with Crippen molar-refractivity contribution in [3.05, 3.63) is 54.9 Å². The molecule has 1 unspecified atom stereocenters. The predicted octanol–water partition coefficient (Wildman–Crippen LogP) is 3.15. The molecule has 7 nitrogen and oxygen atoms in total. The highest BCUT2D eigenvalue weighted by Gasteiger charge is 2.22. The van der Waals surface area contributed by atoms with Crippen LogP contribution in [0.1, 0.15) is 6.42 Å². The number of pyridine rings is 2. The first-order chi connectivity index (χ1) is 14.7. The summed E-state index contributed by atoms with van der Waals surface area (Å²) in [5.74, 6) is 0.762. The number of nitrogens with zero attached hydrogens (tertiary/aromatic N) is 4. The van der Waals surface area contributed by atoms with Crippen LogP contribution in [0.25, 0.3) is 27.9 Å². The lowest BCUT2D eigenvalue weighted by Gasteiger charge is -2.19. The van der Waals surface area contributed by atoms with Crippen LogP contribution in [0.5, 0.6) is 5.75 Å². The number of β-amino-alcohol motifs (C(OH)–C–C–N with tert-alkyl or cyclic N) is 1. The molecule has 1 N–H and O–H groups in total. The number of methoxy groups -OCH3 is 1. The summed E-state index contributed by atoms with van der Waals surface area (Å²) in [6, 6.07) is 14.1. The van der Waals surface area contributed by atoms with Gasteiger partial charge in [0.1, 0.15) is 18.0 Å². The van der Waals surface area contributed by atoms with Crippen molar-refractivity contribution in [1.82, 2.24) is 14.4 Å². The van der Waals surface area contributed by atoms with E-state index in [0.29, 0.717) is 19.8 Å². The maximum Gasteiger partial charge on any atom is 0.140 e. The maximum absolute atomic E-state index is 9.96. The topological polar surface area (TPSA) is 72.1 Å². The smallest absolute Gasteiger partial charge is 0.140 e. The second kappa shape index (κ2) is 7.93. The third kappa shape index (κ3) is 3.46. The number of hydrogen-bond donors (Lipinski definition) is 1. The highest BCUT2D eigenvalue weighted by atomic mass is 16.5. The molecule has 154 valence electrons. The van der Waals surface area contributed by atoms with Crippen LogP contribution in [0.3, 0.4) is 0 Å². The molecule has 30 heavy (non-hydrogen) atoms. The Labute approximate surface area is 174 Å². The van der Waals surface area contributed by atoms with E-state index in [0.717, 1.165) is 52.3 Å². The summed E-state index contributed by atoms with van der Waals surface area (Å²) in [6.07, 6.45) is 4.31. The van der Waals surface area contributed by atoms with E-state index in [4.69, 9.17) is 14.5 Å². The summed E-state index contributed by atoms with van der Waals surface area (Å²) >= 11 is 0. The average Bonchev–Trinajstić information content (AvgIpc) is 3.39. The van der Waals surface area contributed by atoms with E-state index in [2.05, 4.69) is 28.1 Å². The molecule has 1 aromatic carbocycles. The zero-order chi connectivity index (χ0) is 20.5. The van der Waals surface area contributed by atoms with E-state index in [9.17, 15) is 5.11 Å². The minimum absolute atomic E-state index is 0.275. The maximum atomic E-state index is 9.96. The molecular weight excluding hydrogens is 380 g/mol. The molecule has 4 heterocycles. The number of aliphatic hydroxyl groups excluding tert-OH is 1. The average molecular weight is 404 g/mol. The summed E-state index contributed by atoms with van der Waals surface area (Å²) in [5.41, 5.74) is 4.59.